The second-order valence-electron chi connectivity index (χ2n) is 4.14. The predicted octanol–water partition coefficient (Wildman–Crippen LogP) is 5.33. The van der Waals surface area contributed by atoms with Gasteiger partial charge in [0.05, 0.1) is 10.0 Å². The van der Waals surface area contributed by atoms with E-state index in [0.29, 0.717) is 21.0 Å². The quantitative estimate of drug-likeness (QED) is 0.692. The molecule has 0 bridgehead atoms. The third kappa shape index (κ3) is 2.52. The van der Waals surface area contributed by atoms with Crippen molar-refractivity contribution >= 4 is 57.1 Å². The molecule has 0 saturated heterocycles. The van der Waals surface area contributed by atoms with Crippen LogP contribution in [0.1, 0.15) is 0 Å². The minimum atomic E-state index is 0.375. The first-order valence-corrected chi connectivity index (χ1v) is 6.91. The van der Waals surface area contributed by atoms with Gasteiger partial charge in [0.2, 0.25) is 0 Å². The minimum Gasteiger partial charge on any atom is -0.338 e. The average molecular weight is 325 g/mol. The van der Waals surface area contributed by atoms with Crippen molar-refractivity contribution in [3.05, 3.63) is 57.7 Å². The molecule has 0 atom stereocenters. The molecule has 0 spiro atoms. The molecule has 100 valence electrons. The number of aromatic nitrogens is 2. The van der Waals surface area contributed by atoms with Crippen LogP contribution < -0.4 is 5.32 Å². The predicted molar refractivity (Wildman–Crippen MR) is 84.3 cm³/mol. The molecule has 0 radical (unpaired) electrons. The number of fused-ring (bicyclic) bond motifs is 1. The van der Waals surface area contributed by atoms with Gasteiger partial charge < -0.3 is 5.32 Å². The zero-order valence-corrected chi connectivity index (χ0v) is 12.3. The fraction of sp³-hybridized carbons (Fsp3) is 0. The molecule has 1 N–H and O–H groups in total. The first kappa shape index (κ1) is 13.4. The molecule has 0 aliphatic heterocycles. The van der Waals surface area contributed by atoms with Gasteiger partial charge in [-0.2, -0.15) is 0 Å². The van der Waals surface area contributed by atoms with Gasteiger partial charge in [0, 0.05) is 16.5 Å². The first-order chi connectivity index (χ1) is 9.65. The number of hydrogen-bond acceptors (Lipinski definition) is 3. The van der Waals surface area contributed by atoms with E-state index in [1.54, 1.807) is 12.1 Å². The van der Waals surface area contributed by atoms with Crippen molar-refractivity contribution in [2.24, 2.45) is 0 Å². The van der Waals surface area contributed by atoms with Crippen LogP contribution in [-0.4, -0.2) is 10.2 Å². The summed E-state index contributed by atoms with van der Waals surface area (Å²) in [6, 6.07) is 12.9. The van der Waals surface area contributed by atoms with Crippen LogP contribution in [0.4, 0.5) is 11.5 Å². The molecule has 0 aliphatic rings. The number of hydrogen-bond donors (Lipinski definition) is 1. The number of nitrogens with one attached hydrogen (secondary N) is 1. The normalized spacial score (nSPS) is 10.8. The van der Waals surface area contributed by atoms with Crippen molar-refractivity contribution < 1.29 is 0 Å². The van der Waals surface area contributed by atoms with Gasteiger partial charge in [0.25, 0.3) is 0 Å². The van der Waals surface area contributed by atoms with E-state index in [0.717, 1.165) is 16.5 Å². The van der Waals surface area contributed by atoms with Crippen molar-refractivity contribution in [2.45, 2.75) is 0 Å². The second-order valence-corrected chi connectivity index (χ2v) is 5.31. The van der Waals surface area contributed by atoms with E-state index in [1.807, 2.05) is 30.3 Å². The van der Waals surface area contributed by atoms with Gasteiger partial charge in [-0.05, 0) is 18.2 Å². The zero-order valence-electron chi connectivity index (χ0n) is 10.1. The summed E-state index contributed by atoms with van der Waals surface area (Å²) in [5.41, 5.74) is 0.779. The highest BCUT2D eigenvalue weighted by molar-refractivity contribution is 6.42. The minimum absolute atomic E-state index is 0.375. The fourth-order valence-corrected chi connectivity index (χ4v) is 2.37. The Morgan fingerprint density at radius 3 is 2.30 bits per heavy atom. The van der Waals surface area contributed by atoms with Crippen LogP contribution in [0, 0.1) is 0 Å². The van der Waals surface area contributed by atoms with Crippen LogP contribution in [-0.2, 0) is 0 Å². The molecule has 3 rings (SSSR count). The summed E-state index contributed by atoms with van der Waals surface area (Å²) >= 11 is 17.9. The van der Waals surface area contributed by atoms with E-state index in [1.165, 1.54) is 0 Å². The van der Waals surface area contributed by atoms with Crippen molar-refractivity contribution in [3.63, 3.8) is 0 Å². The van der Waals surface area contributed by atoms with E-state index in [4.69, 9.17) is 34.8 Å². The van der Waals surface area contributed by atoms with E-state index in [9.17, 15) is 0 Å². The molecule has 20 heavy (non-hydrogen) atoms. The topological polar surface area (TPSA) is 37.8 Å². The summed E-state index contributed by atoms with van der Waals surface area (Å²) in [5, 5.41) is 14.3. The van der Waals surface area contributed by atoms with Crippen LogP contribution in [0.5, 0.6) is 0 Å². The van der Waals surface area contributed by atoms with Gasteiger partial charge >= 0.3 is 0 Å². The molecule has 0 fully saturated rings. The number of halogens is 3. The summed E-state index contributed by atoms with van der Waals surface area (Å²) in [7, 11) is 0. The molecule has 1 heterocycles. The Bertz CT molecular complexity index is 790. The Morgan fingerprint density at radius 1 is 0.800 bits per heavy atom. The van der Waals surface area contributed by atoms with Crippen LogP contribution in [0.3, 0.4) is 0 Å². The lowest BCUT2D eigenvalue weighted by atomic mass is 10.2. The smallest absolute Gasteiger partial charge is 0.161 e. The highest BCUT2D eigenvalue weighted by Gasteiger charge is 2.08. The summed E-state index contributed by atoms with van der Waals surface area (Å²) in [4.78, 5) is 0. The fourth-order valence-electron chi connectivity index (χ4n) is 1.87. The summed E-state index contributed by atoms with van der Waals surface area (Å²) in [5.74, 6) is 0.614. The SMILES string of the molecule is Clc1ccc(Nc2nnc(Cl)c3ccccc23)cc1Cl. The van der Waals surface area contributed by atoms with Crippen LogP contribution in [0.25, 0.3) is 10.8 Å². The zero-order chi connectivity index (χ0) is 14.1. The molecule has 0 aliphatic carbocycles. The van der Waals surface area contributed by atoms with Crippen LogP contribution in [0.2, 0.25) is 15.2 Å². The van der Waals surface area contributed by atoms with E-state index >= 15 is 0 Å². The molecule has 2 aromatic carbocycles. The summed E-state index contributed by atoms with van der Waals surface area (Å²) in [6.07, 6.45) is 0. The number of nitrogens with zero attached hydrogens (tertiary/aromatic N) is 2. The van der Waals surface area contributed by atoms with Gasteiger partial charge in [0.15, 0.2) is 11.0 Å². The van der Waals surface area contributed by atoms with Crippen molar-refractivity contribution in [1.29, 1.82) is 0 Å². The Hall–Kier alpha value is -1.55. The van der Waals surface area contributed by atoms with Gasteiger partial charge in [0.1, 0.15) is 0 Å². The largest absolute Gasteiger partial charge is 0.338 e. The van der Waals surface area contributed by atoms with Crippen LogP contribution in [0.15, 0.2) is 42.5 Å². The monoisotopic (exact) mass is 323 g/mol. The average Bonchev–Trinajstić information content (AvgIpc) is 2.46. The molecule has 0 unspecified atom stereocenters. The summed E-state index contributed by atoms with van der Waals surface area (Å²) < 4.78 is 0. The molecule has 1 aromatic heterocycles. The molecule has 3 nitrogen and oxygen atoms in total. The van der Waals surface area contributed by atoms with Gasteiger partial charge in [-0.15, -0.1) is 10.2 Å². The van der Waals surface area contributed by atoms with Gasteiger partial charge in [-0.3, -0.25) is 0 Å². The molecular formula is C14H8Cl3N3. The standard InChI is InChI=1S/C14H8Cl3N3/c15-11-6-5-8(7-12(11)16)18-14-10-4-2-1-3-9(10)13(17)19-20-14/h1-7H,(H,18,20). The lowest BCUT2D eigenvalue weighted by molar-refractivity contribution is 1.05. The second kappa shape index (κ2) is 5.44. The van der Waals surface area contributed by atoms with E-state index < -0.39 is 0 Å². The van der Waals surface area contributed by atoms with Crippen molar-refractivity contribution in [2.75, 3.05) is 5.32 Å². The van der Waals surface area contributed by atoms with Crippen molar-refractivity contribution in [1.82, 2.24) is 10.2 Å². The Balaban J connectivity index is 2.06. The first-order valence-electron chi connectivity index (χ1n) is 5.78. The van der Waals surface area contributed by atoms with Crippen LogP contribution >= 0.6 is 34.8 Å². The van der Waals surface area contributed by atoms with E-state index in [-0.39, 0.29) is 0 Å². The van der Waals surface area contributed by atoms with E-state index in [2.05, 4.69) is 15.5 Å². The lowest BCUT2D eigenvalue weighted by Gasteiger charge is -2.09. The Kier molecular flexibility index (Phi) is 3.66. The number of benzene rings is 2. The van der Waals surface area contributed by atoms with Gasteiger partial charge in [-0.1, -0.05) is 59.1 Å². The lowest BCUT2D eigenvalue weighted by Crippen LogP contribution is -1.97. The highest BCUT2D eigenvalue weighted by Crippen LogP contribution is 2.30. The summed E-state index contributed by atoms with van der Waals surface area (Å²) in [6.45, 7) is 0. The molecule has 6 heteroatoms. The third-order valence-corrected chi connectivity index (χ3v) is 3.84. The molecule has 3 aromatic rings. The molecule has 0 amide bonds. The Morgan fingerprint density at radius 2 is 1.55 bits per heavy atom. The molecular weight excluding hydrogens is 317 g/mol. The van der Waals surface area contributed by atoms with Gasteiger partial charge in [-0.25, -0.2) is 0 Å². The third-order valence-electron chi connectivity index (χ3n) is 2.82. The highest BCUT2D eigenvalue weighted by atomic mass is 35.5. The number of rotatable bonds is 2. The maximum Gasteiger partial charge on any atom is 0.161 e. The van der Waals surface area contributed by atoms with Crippen molar-refractivity contribution in [3.8, 4) is 0 Å². The maximum absolute atomic E-state index is 6.04. The number of anilines is 2. The Labute approximate surface area is 130 Å². The molecule has 0 saturated carbocycles. The maximum atomic E-state index is 6.04.